The molecule has 1 aliphatic rings. The van der Waals surface area contributed by atoms with Gasteiger partial charge in [0.15, 0.2) is 11.3 Å². The van der Waals surface area contributed by atoms with Crippen molar-refractivity contribution in [2.45, 2.75) is 25.2 Å². The van der Waals surface area contributed by atoms with Gasteiger partial charge in [0, 0.05) is 23.6 Å². The Morgan fingerprint density at radius 1 is 1.23 bits per heavy atom. The molecule has 0 bridgehead atoms. The van der Waals surface area contributed by atoms with E-state index in [4.69, 9.17) is 9.15 Å². The monoisotopic (exact) mass is 295 g/mol. The quantitative estimate of drug-likeness (QED) is 0.792. The number of pyridine rings is 1. The first kappa shape index (κ1) is 13.2. The molecule has 0 saturated heterocycles. The molecule has 0 spiro atoms. The van der Waals surface area contributed by atoms with E-state index in [0.29, 0.717) is 5.92 Å². The molecule has 2 heterocycles. The highest BCUT2D eigenvalue weighted by atomic mass is 16.5. The summed E-state index contributed by atoms with van der Waals surface area (Å²) < 4.78 is 11.5. The van der Waals surface area contributed by atoms with Crippen LogP contribution in [0.15, 0.2) is 45.7 Å². The van der Waals surface area contributed by atoms with Crippen molar-refractivity contribution in [3.8, 4) is 16.9 Å². The summed E-state index contributed by atoms with van der Waals surface area (Å²) in [7, 11) is 1.65. The molecule has 0 atom stereocenters. The Bertz CT molecular complexity index is 866. The smallest absolute Gasteiger partial charge is 0.247 e. The lowest BCUT2D eigenvalue weighted by Gasteiger charge is -2.22. The van der Waals surface area contributed by atoms with Gasteiger partial charge in [0.25, 0.3) is 0 Å². The Morgan fingerprint density at radius 3 is 2.73 bits per heavy atom. The van der Waals surface area contributed by atoms with E-state index in [1.54, 1.807) is 19.4 Å². The first-order valence-corrected chi connectivity index (χ1v) is 7.56. The molecule has 0 amide bonds. The molecule has 4 heteroatoms. The second-order valence-corrected chi connectivity index (χ2v) is 5.78. The molecule has 0 unspecified atom stereocenters. The van der Waals surface area contributed by atoms with Crippen LogP contribution < -0.4 is 10.3 Å². The fourth-order valence-electron chi connectivity index (χ4n) is 3.00. The number of H-pyrrole nitrogens is 1. The summed E-state index contributed by atoms with van der Waals surface area (Å²) in [6.07, 6.45) is 5.39. The third kappa shape index (κ3) is 2.03. The summed E-state index contributed by atoms with van der Waals surface area (Å²) in [5, 5.41) is 1.04. The number of fused-ring (bicyclic) bond motifs is 1. The number of nitrogens with one attached hydrogen (secondary N) is 1. The minimum Gasteiger partial charge on any atom is -0.493 e. The van der Waals surface area contributed by atoms with Gasteiger partial charge in [-0.05, 0) is 48.2 Å². The minimum atomic E-state index is -0.101. The molecular weight excluding hydrogens is 278 g/mol. The van der Waals surface area contributed by atoms with Crippen LogP contribution in [0.25, 0.3) is 22.1 Å². The van der Waals surface area contributed by atoms with Crippen LogP contribution in [0.4, 0.5) is 0 Å². The predicted molar refractivity (Wildman–Crippen MR) is 85.4 cm³/mol. The number of hydrogen-bond acceptors (Lipinski definition) is 3. The number of aromatic nitrogens is 1. The van der Waals surface area contributed by atoms with Crippen molar-refractivity contribution < 1.29 is 9.15 Å². The van der Waals surface area contributed by atoms with E-state index in [1.165, 1.54) is 19.3 Å². The van der Waals surface area contributed by atoms with Gasteiger partial charge in [0.05, 0.1) is 7.11 Å². The number of aromatic amines is 1. The Kier molecular flexibility index (Phi) is 3.03. The Balaban J connectivity index is 1.92. The van der Waals surface area contributed by atoms with Gasteiger partial charge in [-0.3, -0.25) is 4.79 Å². The highest BCUT2D eigenvalue weighted by Gasteiger charge is 2.25. The lowest BCUT2D eigenvalue weighted by Crippen LogP contribution is -2.07. The summed E-state index contributed by atoms with van der Waals surface area (Å²) in [4.78, 5) is 14.0. The summed E-state index contributed by atoms with van der Waals surface area (Å²) in [5.41, 5.74) is 2.69. The van der Waals surface area contributed by atoms with E-state index in [2.05, 4.69) is 11.1 Å². The SMILES string of the molecule is COc1ccc(-c2ccc(=O)[nH]c2)c2cc(C3CCC3)oc12. The molecule has 3 aromatic rings. The van der Waals surface area contributed by atoms with Crippen molar-refractivity contribution >= 4 is 11.0 Å². The summed E-state index contributed by atoms with van der Waals surface area (Å²) in [6, 6.07) is 9.42. The topological polar surface area (TPSA) is 55.2 Å². The van der Waals surface area contributed by atoms with Gasteiger partial charge in [0.1, 0.15) is 5.76 Å². The molecule has 1 aromatic carbocycles. The fourth-order valence-corrected chi connectivity index (χ4v) is 3.00. The van der Waals surface area contributed by atoms with Crippen molar-refractivity contribution in [1.82, 2.24) is 4.98 Å². The number of ether oxygens (including phenoxy) is 1. The van der Waals surface area contributed by atoms with Crippen LogP contribution in [-0.4, -0.2) is 12.1 Å². The Morgan fingerprint density at radius 2 is 2.09 bits per heavy atom. The second-order valence-electron chi connectivity index (χ2n) is 5.78. The van der Waals surface area contributed by atoms with E-state index in [1.807, 2.05) is 18.2 Å². The molecule has 1 N–H and O–H groups in total. The lowest BCUT2D eigenvalue weighted by molar-refractivity contribution is 0.350. The zero-order valence-corrected chi connectivity index (χ0v) is 12.4. The van der Waals surface area contributed by atoms with Crippen LogP contribution in [0.3, 0.4) is 0 Å². The highest BCUT2D eigenvalue weighted by molar-refractivity contribution is 5.97. The van der Waals surface area contributed by atoms with Crippen LogP contribution in [0.5, 0.6) is 5.75 Å². The number of methoxy groups -OCH3 is 1. The molecule has 4 rings (SSSR count). The maximum absolute atomic E-state index is 11.3. The van der Waals surface area contributed by atoms with E-state index >= 15 is 0 Å². The van der Waals surface area contributed by atoms with Gasteiger partial charge in [0.2, 0.25) is 5.56 Å². The molecular formula is C18H17NO3. The average molecular weight is 295 g/mol. The van der Waals surface area contributed by atoms with Gasteiger partial charge in [-0.15, -0.1) is 0 Å². The first-order chi connectivity index (χ1) is 10.8. The molecule has 2 aromatic heterocycles. The van der Waals surface area contributed by atoms with Crippen molar-refractivity contribution in [3.63, 3.8) is 0 Å². The molecule has 1 aliphatic carbocycles. The number of benzene rings is 1. The molecule has 1 fully saturated rings. The van der Waals surface area contributed by atoms with Crippen LogP contribution >= 0.6 is 0 Å². The summed E-state index contributed by atoms with van der Waals surface area (Å²) >= 11 is 0. The third-order valence-corrected chi connectivity index (χ3v) is 4.49. The molecule has 22 heavy (non-hydrogen) atoms. The third-order valence-electron chi connectivity index (χ3n) is 4.49. The van der Waals surface area contributed by atoms with Crippen molar-refractivity contribution in [2.24, 2.45) is 0 Å². The van der Waals surface area contributed by atoms with E-state index in [-0.39, 0.29) is 5.56 Å². The lowest BCUT2D eigenvalue weighted by atomic mass is 9.83. The van der Waals surface area contributed by atoms with Crippen LogP contribution in [0.1, 0.15) is 30.9 Å². The van der Waals surface area contributed by atoms with Crippen molar-refractivity contribution in [1.29, 1.82) is 0 Å². The van der Waals surface area contributed by atoms with Gasteiger partial charge in [-0.2, -0.15) is 0 Å². The predicted octanol–water partition coefficient (Wildman–Crippen LogP) is 4.06. The first-order valence-electron chi connectivity index (χ1n) is 7.56. The maximum atomic E-state index is 11.3. The van der Waals surface area contributed by atoms with Gasteiger partial charge in [-0.25, -0.2) is 0 Å². The zero-order valence-electron chi connectivity index (χ0n) is 12.4. The Labute approximate surface area is 127 Å². The van der Waals surface area contributed by atoms with Gasteiger partial charge in [-0.1, -0.05) is 6.42 Å². The minimum absolute atomic E-state index is 0.101. The molecule has 4 nitrogen and oxygen atoms in total. The standard InChI is InChI=1S/C18H17NO3/c1-21-15-7-6-13(12-5-8-17(20)19-10-12)14-9-16(22-18(14)15)11-3-2-4-11/h5-11H,2-4H2,1H3,(H,19,20). The van der Waals surface area contributed by atoms with Gasteiger partial charge >= 0.3 is 0 Å². The molecule has 0 aliphatic heterocycles. The van der Waals surface area contributed by atoms with E-state index < -0.39 is 0 Å². The zero-order chi connectivity index (χ0) is 15.1. The van der Waals surface area contributed by atoms with E-state index in [9.17, 15) is 4.79 Å². The normalized spacial score (nSPS) is 15.0. The van der Waals surface area contributed by atoms with E-state index in [0.717, 1.165) is 33.6 Å². The number of hydrogen-bond donors (Lipinski definition) is 1. The average Bonchev–Trinajstić information content (AvgIpc) is 2.89. The largest absolute Gasteiger partial charge is 0.493 e. The molecule has 112 valence electrons. The molecule has 1 saturated carbocycles. The second kappa shape index (κ2) is 5.05. The number of rotatable bonds is 3. The van der Waals surface area contributed by atoms with Crippen molar-refractivity contribution in [3.05, 3.63) is 52.6 Å². The summed E-state index contributed by atoms with van der Waals surface area (Å²) in [6.45, 7) is 0. The highest BCUT2D eigenvalue weighted by Crippen LogP contribution is 2.43. The summed E-state index contributed by atoms with van der Waals surface area (Å²) in [5.74, 6) is 2.31. The van der Waals surface area contributed by atoms with Crippen molar-refractivity contribution in [2.75, 3.05) is 7.11 Å². The van der Waals surface area contributed by atoms with Crippen LogP contribution in [0.2, 0.25) is 0 Å². The van der Waals surface area contributed by atoms with Gasteiger partial charge < -0.3 is 14.1 Å². The fraction of sp³-hybridized carbons (Fsp3) is 0.278. The van der Waals surface area contributed by atoms with Crippen LogP contribution in [-0.2, 0) is 0 Å². The molecule has 0 radical (unpaired) electrons. The number of furan rings is 1. The Hall–Kier alpha value is -2.49. The van der Waals surface area contributed by atoms with Crippen LogP contribution in [0, 0.1) is 0 Å². The maximum Gasteiger partial charge on any atom is 0.247 e.